The van der Waals surface area contributed by atoms with Crippen molar-refractivity contribution >= 4 is 27.3 Å². The lowest BCUT2D eigenvalue weighted by Crippen LogP contribution is -2.43. The molecule has 1 fully saturated rings. The van der Waals surface area contributed by atoms with Gasteiger partial charge in [-0.1, -0.05) is 29.8 Å². The van der Waals surface area contributed by atoms with Crippen LogP contribution in [0.3, 0.4) is 0 Å². The van der Waals surface area contributed by atoms with E-state index in [1.807, 2.05) is 13.8 Å². The van der Waals surface area contributed by atoms with Crippen LogP contribution in [0.15, 0.2) is 36.4 Å². The number of carbonyl (C=O) groups excluding carboxylic acids is 1. The van der Waals surface area contributed by atoms with Crippen molar-refractivity contribution in [3.8, 4) is 5.75 Å². The fraction of sp³-hybridized carbons (Fsp3) is 0.381. The number of hydrogen-bond acceptors (Lipinski definition) is 4. The number of amides is 1. The number of ether oxygens (including phenoxy) is 1. The van der Waals surface area contributed by atoms with Crippen LogP contribution in [0.2, 0.25) is 5.02 Å². The highest BCUT2D eigenvalue weighted by Crippen LogP contribution is 2.26. The smallest absolute Gasteiger partial charge is 0.261 e. The Bertz CT molecular complexity index is 1000. The number of hydrogen-bond donors (Lipinski definition) is 0. The molecule has 0 aromatic heterocycles. The molecule has 0 radical (unpaired) electrons. The summed E-state index contributed by atoms with van der Waals surface area (Å²) in [6, 6.07) is 9.14. The van der Waals surface area contributed by atoms with Crippen LogP contribution in [0.1, 0.15) is 23.1 Å². The van der Waals surface area contributed by atoms with Crippen LogP contribution in [0.25, 0.3) is 0 Å². The molecule has 0 N–H and O–H groups in total. The van der Waals surface area contributed by atoms with Crippen LogP contribution in [-0.4, -0.2) is 43.4 Å². The average molecular weight is 440 g/mol. The summed E-state index contributed by atoms with van der Waals surface area (Å²) in [7, 11) is -3.20. The number of carbonyl (C=O) groups is 1. The maximum absolute atomic E-state index is 14.1. The molecule has 1 aliphatic rings. The molecule has 1 heterocycles. The summed E-state index contributed by atoms with van der Waals surface area (Å²) < 4.78 is 43.6. The molecule has 1 unspecified atom stereocenters. The van der Waals surface area contributed by atoms with Gasteiger partial charge in [0.1, 0.15) is 11.6 Å². The van der Waals surface area contributed by atoms with Crippen molar-refractivity contribution in [1.29, 1.82) is 0 Å². The third kappa shape index (κ3) is 5.28. The summed E-state index contributed by atoms with van der Waals surface area (Å²) in [5, 5.41) is 0.640. The van der Waals surface area contributed by atoms with Crippen molar-refractivity contribution in [2.24, 2.45) is 0 Å². The van der Waals surface area contributed by atoms with Crippen LogP contribution < -0.4 is 4.74 Å². The predicted octanol–water partition coefficient (Wildman–Crippen LogP) is 3.69. The highest BCUT2D eigenvalue weighted by atomic mass is 35.5. The fourth-order valence-corrected chi connectivity index (χ4v) is 5.31. The van der Waals surface area contributed by atoms with E-state index in [1.165, 1.54) is 11.0 Å². The summed E-state index contributed by atoms with van der Waals surface area (Å²) in [6.07, 6.45) is 0.335. The third-order valence-corrected chi connectivity index (χ3v) is 7.39. The number of aryl methyl sites for hydroxylation is 2. The second kappa shape index (κ2) is 8.71. The van der Waals surface area contributed by atoms with E-state index < -0.39 is 21.7 Å². The summed E-state index contributed by atoms with van der Waals surface area (Å²) in [4.78, 5) is 14.3. The van der Waals surface area contributed by atoms with Gasteiger partial charge in [0.15, 0.2) is 16.4 Å². The first-order valence-electron chi connectivity index (χ1n) is 9.29. The zero-order valence-electron chi connectivity index (χ0n) is 16.3. The van der Waals surface area contributed by atoms with Gasteiger partial charge in [-0.15, -0.1) is 0 Å². The molecule has 156 valence electrons. The zero-order valence-corrected chi connectivity index (χ0v) is 17.9. The summed E-state index contributed by atoms with van der Waals surface area (Å²) in [6.45, 7) is 3.41. The first-order valence-corrected chi connectivity index (χ1v) is 11.5. The normalized spacial score (nSPS) is 17.9. The summed E-state index contributed by atoms with van der Waals surface area (Å²) in [5.41, 5.74) is 2.00. The first-order chi connectivity index (χ1) is 13.7. The van der Waals surface area contributed by atoms with Crippen LogP contribution in [0.5, 0.6) is 5.75 Å². The molecule has 0 aliphatic carbocycles. The third-order valence-electron chi connectivity index (χ3n) is 5.04. The molecule has 1 saturated heterocycles. The van der Waals surface area contributed by atoms with Crippen LogP contribution in [-0.2, 0) is 21.2 Å². The Labute approximate surface area is 175 Å². The second-order valence-corrected chi connectivity index (χ2v) is 9.94. The maximum Gasteiger partial charge on any atom is 0.261 e. The summed E-state index contributed by atoms with van der Waals surface area (Å²) >= 11 is 6.16. The Balaban J connectivity index is 1.78. The molecule has 1 atom stereocenters. The van der Waals surface area contributed by atoms with Gasteiger partial charge < -0.3 is 9.64 Å². The van der Waals surface area contributed by atoms with Gasteiger partial charge in [0, 0.05) is 23.2 Å². The van der Waals surface area contributed by atoms with Gasteiger partial charge >= 0.3 is 0 Å². The van der Waals surface area contributed by atoms with Crippen LogP contribution >= 0.6 is 11.6 Å². The maximum atomic E-state index is 14.1. The van der Waals surface area contributed by atoms with E-state index in [4.69, 9.17) is 16.3 Å². The van der Waals surface area contributed by atoms with Crippen molar-refractivity contribution < 1.29 is 22.3 Å². The Kier molecular flexibility index (Phi) is 6.49. The minimum absolute atomic E-state index is 0.00622. The van der Waals surface area contributed by atoms with Crippen molar-refractivity contribution in [3.63, 3.8) is 0 Å². The standard InChI is InChI=1S/C21H23ClFNO4S/c1-14-9-18(10-15(2)21(14)22)28-12-20(25)24(17-7-8-29(26,27)13-17)11-16-5-3-4-6-19(16)23/h3-6,9-10,17H,7-8,11-13H2,1-2H3. The fourth-order valence-electron chi connectivity index (χ4n) is 3.47. The predicted molar refractivity (Wildman–Crippen MR) is 110 cm³/mol. The SMILES string of the molecule is Cc1cc(OCC(=O)N(Cc2ccccc2F)C2CCS(=O)(=O)C2)cc(C)c1Cl. The molecular formula is C21H23ClFNO4S. The van der Waals surface area contributed by atoms with Crippen LogP contribution in [0.4, 0.5) is 4.39 Å². The number of sulfone groups is 1. The van der Waals surface area contributed by atoms with Gasteiger partial charge in [0.05, 0.1) is 11.5 Å². The largest absolute Gasteiger partial charge is 0.484 e. The molecule has 0 spiro atoms. The van der Waals surface area contributed by atoms with E-state index in [-0.39, 0.29) is 30.6 Å². The summed E-state index contributed by atoms with van der Waals surface area (Å²) in [5.74, 6) is -0.416. The molecule has 1 aliphatic heterocycles. The highest BCUT2D eigenvalue weighted by molar-refractivity contribution is 7.91. The minimum atomic E-state index is -3.20. The molecule has 29 heavy (non-hydrogen) atoms. The van der Waals surface area contributed by atoms with Gasteiger partial charge in [-0.25, -0.2) is 12.8 Å². The molecule has 0 bridgehead atoms. The topological polar surface area (TPSA) is 63.7 Å². The van der Waals surface area contributed by atoms with Crippen LogP contribution in [0, 0.1) is 19.7 Å². The highest BCUT2D eigenvalue weighted by Gasteiger charge is 2.35. The molecule has 2 aromatic carbocycles. The van der Waals surface area contributed by atoms with Crippen molar-refractivity contribution in [2.75, 3.05) is 18.1 Å². The van der Waals surface area contributed by atoms with E-state index in [0.717, 1.165) is 11.1 Å². The Hall–Kier alpha value is -2.12. The van der Waals surface area contributed by atoms with Crippen molar-refractivity contribution in [2.45, 2.75) is 32.9 Å². The molecular weight excluding hydrogens is 417 g/mol. The Morgan fingerprint density at radius 3 is 2.48 bits per heavy atom. The quantitative estimate of drug-likeness (QED) is 0.688. The lowest BCUT2D eigenvalue weighted by atomic mass is 10.1. The van der Waals surface area contributed by atoms with Gasteiger partial charge in [-0.2, -0.15) is 0 Å². The van der Waals surface area contributed by atoms with Gasteiger partial charge in [-0.05, 0) is 49.6 Å². The van der Waals surface area contributed by atoms with E-state index in [9.17, 15) is 17.6 Å². The number of halogens is 2. The van der Waals surface area contributed by atoms with Gasteiger partial charge in [0.2, 0.25) is 0 Å². The average Bonchev–Trinajstić information content (AvgIpc) is 3.02. The second-order valence-electron chi connectivity index (χ2n) is 7.33. The lowest BCUT2D eigenvalue weighted by molar-refractivity contribution is -0.136. The lowest BCUT2D eigenvalue weighted by Gasteiger charge is -2.28. The van der Waals surface area contributed by atoms with E-state index in [2.05, 4.69) is 0 Å². The first kappa shape index (κ1) is 21.6. The van der Waals surface area contributed by atoms with Gasteiger partial charge in [-0.3, -0.25) is 4.79 Å². The zero-order chi connectivity index (χ0) is 21.2. The number of rotatable bonds is 6. The van der Waals surface area contributed by atoms with Crippen molar-refractivity contribution in [1.82, 2.24) is 4.90 Å². The minimum Gasteiger partial charge on any atom is -0.484 e. The van der Waals surface area contributed by atoms with E-state index in [1.54, 1.807) is 30.3 Å². The molecule has 0 saturated carbocycles. The van der Waals surface area contributed by atoms with E-state index in [0.29, 0.717) is 22.8 Å². The molecule has 8 heteroatoms. The molecule has 3 rings (SSSR count). The molecule has 1 amide bonds. The number of nitrogens with zero attached hydrogens (tertiary/aromatic N) is 1. The Morgan fingerprint density at radius 1 is 1.24 bits per heavy atom. The Morgan fingerprint density at radius 2 is 1.90 bits per heavy atom. The van der Waals surface area contributed by atoms with Crippen molar-refractivity contribution in [3.05, 3.63) is 63.9 Å². The molecule has 5 nitrogen and oxygen atoms in total. The molecule has 2 aromatic rings. The number of benzene rings is 2. The van der Waals surface area contributed by atoms with E-state index >= 15 is 0 Å². The monoisotopic (exact) mass is 439 g/mol. The van der Waals surface area contributed by atoms with Gasteiger partial charge in [0.25, 0.3) is 5.91 Å².